The molecule has 1 heterocycles. The van der Waals surface area contributed by atoms with Gasteiger partial charge in [-0.25, -0.2) is 0 Å². The summed E-state index contributed by atoms with van der Waals surface area (Å²) < 4.78 is 5.44. The maximum absolute atomic E-state index is 12.8. The van der Waals surface area contributed by atoms with Crippen LogP contribution in [-0.4, -0.2) is 22.8 Å². The lowest BCUT2D eigenvalue weighted by atomic mass is 9.79. The number of hydrogen-bond donors (Lipinski definition) is 1. The molecule has 6 unspecified atom stereocenters. The van der Waals surface area contributed by atoms with E-state index in [-0.39, 0.29) is 46.5 Å². The third-order valence-corrected chi connectivity index (χ3v) is 6.72. The number of benzene rings is 1. The molecule has 0 radical (unpaired) electrons. The molecule has 116 valence electrons. The van der Waals surface area contributed by atoms with E-state index < -0.39 is 0 Å². The van der Waals surface area contributed by atoms with Crippen LogP contribution in [0.2, 0.25) is 5.02 Å². The van der Waals surface area contributed by atoms with Crippen LogP contribution in [0.25, 0.3) is 0 Å². The van der Waals surface area contributed by atoms with Crippen molar-refractivity contribution in [1.29, 1.82) is 0 Å². The number of alkyl halides is 1. The topological polar surface area (TPSA) is 55.4 Å². The summed E-state index contributed by atoms with van der Waals surface area (Å²) in [6, 6.07) is 5.40. The lowest BCUT2D eigenvalue weighted by Gasteiger charge is -2.27. The van der Waals surface area contributed by atoms with E-state index in [0.29, 0.717) is 10.7 Å². The Morgan fingerprint density at radius 1 is 1.41 bits per heavy atom. The molecule has 1 saturated heterocycles. The van der Waals surface area contributed by atoms with Gasteiger partial charge in [-0.15, -0.1) is 0 Å². The van der Waals surface area contributed by atoms with Crippen LogP contribution in [-0.2, 0) is 14.3 Å². The van der Waals surface area contributed by atoms with Gasteiger partial charge in [-0.3, -0.25) is 9.59 Å². The summed E-state index contributed by atoms with van der Waals surface area (Å²) >= 11 is 9.62. The first kappa shape index (κ1) is 14.5. The number of aryl methyl sites for hydroxylation is 1. The van der Waals surface area contributed by atoms with Crippen LogP contribution in [0.3, 0.4) is 0 Å². The molecular formula is C16H15BrClNO3. The van der Waals surface area contributed by atoms with Crippen molar-refractivity contribution >= 4 is 45.1 Å². The van der Waals surface area contributed by atoms with Crippen molar-refractivity contribution in [3.63, 3.8) is 0 Å². The highest BCUT2D eigenvalue weighted by molar-refractivity contribution is 9.09. The summed E-state index contributed by atoms with van der Waals surface area (Å²) in [6.45, 7) is 1.92. The van der Waals surface area contributed by atoms with E-state index in [1.54, 1.807) is 12.1 Å². The molecule has 0 aromatic heterocycles. The van der Waals surface area contributed by atoms with Crippen LogP contribution >= 0.6 is 27.5 Å². The molecule has 3 fully saturated rings. The summed E-state index contributed by atoms with van der Waals surface area (Å²) in [5.41, 5.74) is 1.65. The smallest absolute Gasteiger partial charge is 0.310 e. The van der Waals surface area contributed by atoms with E-state index in [0.717, 1.165) is 12.0 Å². The molecule has 1 aromatic rings. The Morgan fingerprint density at radius 3 is 2.95 bits per heavy atom. The van der Waals surface area contributed by atoms with Gasteiger partial charge in [-0.1, -0.05) is 33.6 Å². The number of ether oxygens (including phenoxy) is 1. The minimum absolute atomic E-state index is 0.0561. The maximum atomic E-state index is 12.8. The molecule has 1 amide bonds. The van der Waals surface area contributed by atoms with Gasteiger partial charge in [-0.2, -0.15) is 0 Å². The maximum Gasteiger partial charge on any atom is 0.310 e. The van der Waals surface area contributed by atoms with Gasteiger partial charge in [0.05, 0.1) is 16.7 Å². The number of esters is 1. The summed E-state index contributed by atoms with van der Waals surface area (Å²) in [4.78, 5) is 24.9. The molecule has 3 aliphatic rings. The van der Waals surface area contributed by atoms with Crippen LogP contribution in [0.1, 0.15) is 12.0 Å². The normalized spacial score (nSPS) is 38.2. The minimum atomic E-state index is -0.320. The van der Waals surface area contributed by atoms with E-state index in [4.69, 9.17) is 16.3 Å². The summed E-state index contributed by atoms with van der Waals surface area (Å²) in [5.74, 6) is -0.599. The van der Waals surface area contributed by atoms with Gasteiger partial charge in [0.2, 0.25) is 5.91 Å². The number of carbonyl (C=O) groups excluding carboxylic acids is 2. The highest BCUT2D eigenvalue weighted by atomic mass is 79.9. The summed E-state index contributed by atoms with van der Waals surface area (Å²) in [5, 5.41) is 3.53. The zero-order valence-electron chi connectivity index (χ0n) is 11.9. The Hall–Kier alpha value is -1.07. The molecule has 2 bridgehead atoms. The number of anilines is 1. The van der Waals surface area contributed by atoms with E-state index in [9.17, 15) is 9.59 Å². The van der Waals surface area contributed by atoms with Gasteiger partial charge in [-0.05, 0) is 37.0 Å². The highest BCUT2D eigenvalue weighted by Gasteiger charge is 2.67. The van der Waals surface area contributed by atoms with Gasteiger partial charge in [0.1, 0.15) is 6.10 Å². The molecule has 6 atom stereocenters. The largest absolute Gasteiger partial charge is 0.461 e. The standard InChI is InChI=1S/C16H15BrClNO3/c1-6-2-3-7(18)4-10(6)19-15(20)11-8-5-9-12(11)16(21)22-14(9)13(8)17/h2-4,8-9,11-14H,5H2,1H3,(H,19,20). The molecule has 1 N–H and O–H groups in total. The Bertz CT molecular complexity index is 679. The Balaban J connectivity index is 1.61. The molecule has 1 aromatic carbocycles. The quantitative estimate of drug-likeness (QED) is 0.629. The van der Waals surface area contributed by atoms with Gasteiger partial charge in [0.15, 0.2) is 0 Å². The summed E-state index contributed by atoms with van der Waals surface area (Å²) in [6.07, 6.45) is 0.823. The minimum Gasteiger partial charge on any atom is -0.461 e. The third kappa shape index (κ3) is 1.95. The predicted octanol–water partition coefficient (Wildman–Crippen LogP) is 3.16. The molecule has 4 nitrogen and oxygen atoms in total. The first-order chi connectivity index (χ1) is 10.5. The molecular weight excluding hydrogens is 370 g/mol. The zero-order valence-corrected chi connectivity index (χ0v) is 14.2. The number of halogens is 2. The summed E-state index contributed by atoms with van der Waals surface area (Å²) in [7, 11) is 0. The van der Waals surface area contributed by atoms with Crippen molar-refractivity contribution in [2.75, 3.05) is 5.32 Å². The zero-order chi connectivity index (χ0) is 15.6. The van der Waals surface area contributed by atoms with Gasteiger partial charge < -0.3 is 10.1 Å². The number of carbonyl (C=O) groups is 2. The average Bonchev–Trinajstić information content (AvgIpc) is 3.07. The number of fused-ring (bicyclic) bond motifs is 1. The molecule has 6 heteroatoms. The second kappa shape index (κ2) is 4.96. The first-order valence-corrected chi connectivity index (χ1v) is 8.68. The van der Waals surface area contributed by atoms with Gasteiger partial charge in [0, 0.05) is 16.6 Å². The second-order valence-corrected chi connectivity index (χ2v) is 7.90. The predicted molar refractivity (Wildman–Crippen MR) is 86.0 cm³/mol. The lowest BCUT2D eigenvalue weighted by Crippen LogP contribution is -2.40. The van der Waals surface area contributed by atoms with Crippen LogP contribution in [0.5, 0.6) is 0 Å². The highest BCUT2D eigenvalue weighted by Crippen LogP contribution is 2.60. The molecule has 22 heavy (non-hydrogen) atoms. The van der Waals surface area contributed by atoms with Crippen molar-refractivity contribution in [3.05, 3.63) is 28.8 Å². The molecule has 2 aliphatic carbocycles. The van der Waals surface area contributed by atoms with Crippen molar-refractivity contribution in [2.45, 2.75) is 24.3 Å². The lowest BCUT2D eigenvalue weighted by molar-refractivity contribution is -0.145. The van der Waals surface area contributed by atoms with E-state index in [1.165, 1.54) is 0 Å². The third-order valence-electron chi connectivity index (χ3n) is 5.28. The SMILES string of the molecule is Cc1ccc(Cl)cc1NC(=O)C1C2CC3C(OC(=O)C31)C2Br. The molecule has 4 rings (SSSR count). The van der Waals surface area contributed by atoms with Gasteiger partial charge in [0.25, 0.3) is 0 Å². The number of amides is 1. The Labute approximate surface area is 141 Å². The van der Waals surface area contributed by atoms with Crippen LogP contribution < -0.4 is 5.32 Å². The van der Waals surface area contributed by atoms with Crippen LogP contribution in [0.15, 0.2) is 18.2 Å². The van der Waals surface area contributed by atoms with Gasteiger partial charge >= 0.3 is 5.97 Å². The monoisotopic (exact) mass is 383 g/mol. The van der Waals surface area contributed by atoms with Crippen LogP contribution in [0, 0.1) is 30.6 Å². The molecule has 1 aliphatic heterocycles. The number of hydrogen-bond acceptors (Lipinski definition) is 3. The average molecular weight is 385 g/mol. The van der Waals surface area contributed by atoms with E-state index >= 15 is 0 Å². The first-order valence-electron chi connectivity index (χ1n) is 7.39. The van der Waals surface area contributed by atoms with Crippen molar-refractivity contribution in [1.82, 2.24) is 0 Å². The number of rotatable bonds is 2. The molecule has 2 saturated carbocycles. The molecule has 0 spiro atoms. The fourth-order valence-corrected chi connectivity index (χ4v) is 5.49. The van der Waals surface area contributed by atoms with Crippen molar-refractivity contribution < 1.29 is 14.3 Å². The Morgan fingerprint density at radius 2 is 2.18 bits per heavy atom. The Kier molecular flexibility index (Phi) is 3.28. The van der Waals surface area contributed by atoms with E-state index in [2.05, 4.69) is 21.2 Å². The van der Waals surface area contributed by atoms with Crippen molar-refractivity contribution in [2.24, 2.45) is 23.7 Å². The fourth-order valence-electron chi connectivity index (χ4n) is 4.28. The van der Waals surface area contributed by atoms with E-state index in [1.807, 2.05) is 13.0 Å². The van der Waals surface area contributed by atoms with Crippen LogP contribution in [0.4, 0.5) is 5.69 Å². The van der Waals surface area contributed by atoms with Crippen molar-refractivity contribution in [3.8, 4) is 0 Å². The fraction of sp³-hybridized carbons (Fsp3) is 0.500. The number of nitrogens with one attached hydrogen (secondary N) is 1. The second-order valence-electron chi connectivity index (χ2n) is 6.41.